The molecule has 0 saturated carbocycles. The lowest BCUT2D eigenvalue weighted by Gasteiger charge is -1.95. The fraction of sp³-hybridized carbons (Fsp3) is 0.167. The number of rotatable bonds is 2. The zero-order chi connectivity index (χ0) is 8.81. The van der Waals surface area contributed by atoms with Crippen molar-refractivity contribution in [3.8, 4) is 12.3 Å². The molecule has 0 amide bonds. The van der Waals surface area contributed by atoms with E-state index >= 15 is 0 Å². The van der Waals surface area contributed by atoms with Crippen molar-refractivity contribution in [3.05, 3.63) is 47.5 Å². The Morgan fingerprint density at radius 3 is 2.50 bits per heavy atom. The summed E-state index contributed by atoms with van der Waals surface area (Å²) < 4.78 is 0. The van der Waals surface area contributed by atoms with E-state index in [4.69, 9.17) is 6.42 Å². The lowest BCUT2D eigenvalue weighted by Crippen LogP contribution is -1.80. The monoisotopic (exact) mass is 156 g/mol. The van der Waals surface area contributed by atoms with Crippen LogP contribution in [0.3, 0.4) is 0 Å². The molecule has 0 bridgehead atoms. The van der Waals surface area contributed by atoms with Crippen LogP contribution in [0.4, 0.5) is 0 Å². The van der Waals surface area contributed by atoms with Crippen LogP contribution in [0.25, 0.3) is 0 Å². The van der Waals surface area contributed by atoms with Crippen LogP contribution in [0, 0.1) is 12.3 Å². The standard InChI is InChI=1S/C12H12/c1-3-5-6-12-9-7-11(4-2)8-10-12/h2-3,5,7-10H,6H2,1H3/b5-3+. The molecule has 0 aliphatic carbocycles. The van der Waals surface area contributed by atoms with Gasteiger partial charge in [0.15, 0.2) is 0 Å². The van der Waals surface area contributed by atoms with Crippen molar-refractivity contribution in [2.45, 2.75) is 13.3 Å². The highest BCUT2D eigenvalue weighted by atomic mass is 13.9. The molecule has 12 heavy (non-hydrogen) atoms. The Morgan fingerprint density at radius 1 is 1.33 bits per heavy atom. The van der Waals surface area contributed by atoms with E-state index in [-0.39, 0.29) is 0 Å². The second kappa shape index (κ2) is 4.41. The van der Waals surface area contributed by atoms with Crippen molar-refractivity contribution in [2.75, 3.05) is 0 Å². The molecule has 0 fully saturated rings. The van der Waals surface area contributed by atoms with Crippen LogP contribution in [-0.4, -0.2) is 0 Å². The number of hydrogen-bond acceptors (Lipinski definition) is 0. The predicted octanol–water partition coefficient (Wildman–Crippen LogP) is 2.79. The van der Waals surface area contributed by atoms with Gasteiger partial charge in [0.2, 0.25) is 0 Å². The van der Waals surface area contributed by atoms with Gasteiger partial charge in [-0.1, -0.05) is 30.2 Å². The van der Waals surface area contributed by atoms with Crippen molar-refractivity contribution in [1.29, 1.82) is 0 Å². The van der Waals surface area contributed by atoms with Gasteiger partial charge in [-0.05, 0) is 31.0 Å². The molecule has 0 spiro atoms. The van der Waals surface area contributed by atoms with Crippen LogP contribution in [0.5, 0.6) is 0 Å². The number of hydrogen-bond donors (Lipinski definition) is 0. The summed E-state index contributed by atoms with van der Waals surface area (Å²) in [5, 5.41) is 0. The Morgan fingerprint density at radius 2 is 2.00 bits per heavy atom. The molecule has 0 saturated heterocycles. The number of allylic oxidation sites excluding steroid dienone is 2. The summed E-state index contributed by atoms with van der Waals surface area (Å²) in [6.07, 6.45) is 10.4. The Balaban J connectivity index is 2.73. The van der Waals surface area contributed by atoms with Crippen LogP contribution in [-0.2, 0) is 6.42 Å². The third-order valence-electron chi connectivity index (χ3n) is 1.71. The van der Waals surface area contributed by atoms with E-state index in [1.165, 1.54) is 5.56 Å². The lowest BCUT2D eigenvalue weighted by molar-refractivity contribution is 1.26. The second-order valence-electron chi connectivity index (χ2n) is 2.61. The smallest absolute Gasteiger partial charge is 0.0242 e. The normalized spacial score (nSPS) is 10.0. The molecule has 0 nitrogen and oxygen atoms in total. The summed E-state index contributed by atoms with van der Waals surface area (Å²) in [5.74, 6) is 2.59. The molecule has 60 valence electrons. The molecular weight excluding hydrogens is 144 g/mol. The maximum atomic E-state index is 5.24. The molecule has 0 atom stereocenters. The van der Waals surface area contributed by atoms with Crippen molar-refractivity contribution in [2.24, 2.45) is 0 Å². The number of terminal acetylenes is 1. The molecule has 0 aromatic heterocycles. The Hall–Kier alpha value is -1.48. The second-order valence-corrected chi connectivity index (χ2v) is 2.61. The molecule has 0 heteroatoms. The molecule has 0 unspecified atom stereocenters. The van der Waals surface area contributed by atoms with Crippen LogP contribution in [0.1, 0.15) is 18.1 Å². The highest BCUT2D eigenvalue weighted by Gasteiger charge is 1.88. The largest absolute Gasteiger partial charge is 0.115 e. The fourth-order valence-corrected chi connectivity index (χ4v) is 0.991. The maximum Gasteiger partial charge on any atom is 0.0242 e. The van der Waals surface area contributed by atoms with Crippen molar-refractivity contribution < 1.29 is 0 Å². The first-order valence-electron chi connectivity index (χ1n) is 4.03. The van der Waals surface area contributed by atoms with Crippen LogP contribution < -0.4 is 0 Å². The van der Waals surface area contributed by atoms with Crippen LogP contribution >= 0.6 is 0 Å². The van der Waals surface area contributed by atoms with E-state index in [9.17, 15) is 0 Å². The quantitative estimate of drug-likeness (QED) is 0.456. The molecule has 1 aromatic rings. The SMILES string of the molecule is C#Cc1ccc(C/C=C/C)cc1. The van der Waals surface area contributed by atoms with Gasteiger partial charge in [-0.25, -0.2) is 0 Å². The van der Waals surface area contributed by atoms with Gasteiger partial charge in [0, 0.05) is 5.56 Å². The van der Waals surface area contributed by atoms with Gasteiger partial charge in [-0.3, -0.25) is 0 Å². The Bertz CT molecular complexity index is 296. The van der Waals surface area contributed by atoms with Crippen molar-refractivity contribution in [1.82, 2.24) is 0 Å². The summed E-state index contributed by atoms with van der Waals surface area (Å²) in [6.45, 7) is 2.02. The summed E-state index contributed by atoms with van der Waals surface area (Å²) >= 11 is 0. The summed E-state index contributed by atoms with van der Waals surface area (Å²) in [4.78, 5) is 0. The van der Waals surface area contributed by atoms with Gasteiger partial charge < -0.3 is 0 Å². The van der Waals surface area contributed by atoms with Crippen molar-refractivity contribution >= 4 is 0 Å². The molecule has 0 aliphatic heterocycles. The first-order chi connectivity index (χ1) is 5.86. The average molecular weight is 156 g/mol. The van der Waals surface area contributed by atoms with Gasteiger partial charge in [0.25, 0.3) is 0 Å². The average Bonchev–Trinajstić information content (AvgIpc) is 2.15. The highest BCUT2D eigenvalue weighted by molar-refractivity contribution is 5.34. The predicted molar refractivity (Wildman–Crippen MR) is 52.9 cm³/mol. The zero-order valence-corrected chi connectivity index (χ0v) is 7.25. The minimum absolute atomic E-state index is 0.944. The topological polar surface area (TPSA) is 0 Å². The third kappa shape index (κ3) is 2.29. The summed E-state index contributed by atoms with van der Waals surface area (Å²) in [7, 11) is 0. The maximum absolute atomic E-state index is 5.24. The van der Waals surface area contributed by atoms with Crippen molar-refractivity contribution in [3.63, 3.8) is 0 Å². The summed E-state index contributed by atoms with van der Waals surface area (Å²) in [6, 6.07) is 8.07. The van der Waals surface area contributed by atoms with Gasteiger partial charge in [0.05, 0.1) is 0 Å². The van der Waals surface area contributed by atoms with Gasteiger partial charge in [0.1, 0.15) is 0 Å². The first kappa shape index (κ1) is 8.62. The molecule has 0 aliphatic rings. The van der Waals surface area contributed by atoms with Crippen LogP contribution in [0.2, 0.25) is 0 Å². The lowest BCUT2D eigenvalue weighted by atomic mass is 10.1. The molecule has 0 heterocycles. The minimum atomic E-state index is 0.944. The van der Waals surface area contributed by atoms with E-state index in [1.807, 2.05) is 19.1 Å². The highest BCUT2D eigenvalue weighted by Crippen LogP contribution is 2.04. The van der Waals surface area contributed by atoms with E-state index in [2.05, 4.69) is 30.2 Å². The van der Waals surface area contributed by atoms with Gasteiger partial charge in [-0.15, -0.1) is 6.42 Å². The van der Waals surface area contributed by atoms with Crippen LogP contribution in [0.15, 0.2) is 36.4 Å². The first-order valence-corrected chi connectivity index (χ1v) is 4.03. The van der Waals surface area contributed by atoms with E-state index in [0.29, 0.717) is 0 Å². The number of benzene rings is 1. The third-order valence-corrected chi connectivity index (χ3v) is 1.71. The van der Waals surface area contributed by atoms with Gasteiger partial charge >= 0.3 is 0 Å². The molecular formula is C12H12. The molecule has 1 rings (SSSR count). The summed E-state index contributed by atoms with van der Waals surface area (Å²) in [5.41, 5.74) is 2.24. The zero-order valence-electron chi connectivity index (χ0n) is 7.25. The van der Waals surface area contributed by atoms with Gasteiger partial charge in [-0.2, -0.15) is 0 Å². The van der Waals surface area contributed by atoms with E-state index in [0.717, 1.165) is 12.0 Å². The Kier molecular flexibility index (Phi) is 3.17. The molecule has 0 radical (unpaired) electrons. The Labute approximate surface area is 73.9 Å². The van der Waals surface area contributed by atoms with E-state index < -0.39 is 0 Å². The van der Waals surface area contributed by atoms with E-state index in [1.54, 1.807) is 0 Å². The fourth-order valence-electron chi connectivity index (χ4n) is 0.991. The molecule has 0 N–H and O–H groups in total. The molecule has 1 aromatic carbocycles. The minimum Gasteiger partial charge on any atom is -0.115 e.